The Morgan fingerprint density at radius 2 is 1.14 bits per heavy atom. The van der Waals surface area contributed by atoms with E-state index in [-0.39, 0.29) is 42.2 Å². The number of ether oxygens (including phenoxy) is 6. The predicted octanol–water partition coefficient (Wildman–Crippen LogP) is 9.47. The van der Waals surface area contributed by atoms with Crippen LogP contribution in [0.1, 0.15) is 73.1 Å². The Kier molecular flexibility index (Phi) is 16.9. The summed E-state index contributed by atoms with van der Waals surface area (Å²) in [6.07, 6.45) is -1.62. The number of methoxy groups -OCH3 is 2. The first-order chi connectivity index (χ1) is 40.6. The topological polar surface area (TPSA) is 245 Å². The van der Waals surface area contributed by atoms with Gasteiger partial charge in [-0.05, 0) is 83.4 Å². The highest BCUT2D eigenvalue weighted by atomic mass is 31.1. The van der Waals surface area contributed by atoms with E-state index in [0.717, 1.165) is 16.7 Å². The van der Waals surface area contributed by atoms with Crippen LogP contribution in [0.15, 0.2) is 200 Å². The van der Waals surface area contributed by atoms with Crippen LogP contribution in [0, 0.1) is 0 Å². The third-order valence-corrected chi connectivity index (χ3v) is 15.0. The van der Waals surface area contributed by atoms with E-state index in [1.54, 1.807) is 104 Å². The summed E-state index contributed by atoms with van der Waals surface area (Å²) in [5.74, 6) is -0.0631. The van der Waals surface area contributed by atoms with Gasteiger partial charge < -0.3 is 39.1 Å². The van der Waals surface area contributed by atoms with Crippen LogP contribution in [0.5, 0.6) is 11.5 Å². The van der Waals surface area contributed by atoms with Gasteiger partial charge in [0.15, 0.2) is 17.0 Å². The molecule has 2 N–H and O–H groups in total. The Morgan fingerprint density at radius 1 is 0.614 bits per heavy atom. The number of amides is 2. The van der Waals surface area contributed by atoms with E-state index in [2.05, 4.69) is 30.6 Å². The quantitative estimate of drug-likeness (QED) is 0.0386. The van der Waals surface area contributed by atoms with Gasteiger partial charge in [0.05, 0.1) is 32.7 Å². The minimum absolute atomic E-state index is 0.0137. The van der Waals surface area contributed by atoms with Gasteiger partial charge in [-0.2, -0.15) is 4.98 Å². The second-order valence-electron chi connectivity index (χ2n) is 19.2. The van der Waals surface area contributed by atoms with Gasteiger partial charge in [0.25, 0.3) is 11.8 Å². The number of benzene rings is 6. The number of esters is 1. The van der Waals surface area contributed by atoms with E-state index >= 15 is 0 Å². The van der Waals surface area contributed by atoms with Gasteiger partial charge in [0.2, 0.25) is 0 Å². The summed E-state index contributed by atoms with van der Waals surface area (Å²) in [5.41, 5.74) is 1.91. The first-order valence-corrected chi connectivity index (χ1v) is 27.5. The predicted molar refractivity (Wildman–Crippen MR) is 302 cm³/mol. The van der Waals surface area contributed by atoms with Crippen molar-refractivity contribution < 1.29 is 56.4 Å². The molecule has 0 aliphatic carbocycles. The molecule has 0 saturated carbocycles. The summed E-state index contributed by atoms with van der Waals surface area (Å²) in [4.78, 5) is 70.8. The summed E-state index contributed by atoms with van der Waals surface area (Å²) in [6.45, 7) is -0.573. The maximum absolute atomic E-state index is 14.4. The average Bonchev–Trinajstić information content (AvgIpc) is 3.44. The molecule has 1 unspecified atom stereocenters. The molecule has 7 atom stereocenters. The first kappa shape index (κ1) is 55.6. The van der Waals surface area contributed by atoms with E-state index in [9.17, 15) is 23.7 Å². The van der Waals surface area contributed by atoms with Crippen molar-refractivity contribution in [2.75, 3.05) is 38.1 Å². The second-order valence-corrected chi connectivity index (χ2v) is 20.1. The van der Waals surface area contributed by atoms with Crippen LogP contribution in [0.3, 0.4) is 0 Å². The summed E-state index contributed by atoms with van der Waals surface area (Å²) < 4.78 is 67.2. The highest BCUT2D eigenvalue weighted by molar-refractivity contribution is 7.33. The second kappa shape index (κ2) is 25.2. The van der Waals surface area contributed by atoms with Gasteiger partial charge in [-0.3, -0.25) is 18.7 Å². The van der Waals surface area contributed by atoms with Crippen molar-refractivity contribution >= 4 is 48.8 Å². The van der Waals surface area contributed by atoms with Crippen molar-refractivity contribution in [1.29, 1.82) is 0 Å². The Hall–Kier alpha value is -9.34. The summed E-state index contributed by atoms with van der Waals surface area (Å²) >= 11 is 0. The lowest BCUT2D eigenvalue weighted by Crippen LogP contribution is -2.38. The lowest BCUT2D eigenvalue weighted by molar-refractivity contribution is -0.0913. The number of fused-ring (bicyclic) bond motifs is 1. The van der Waals surface area contributed by atoms with Crippen LogP contribution in [0.2, 0.25) is 0 Å². The molecule has 2 aliphatic heterocycles. The number of nitrogens with zero attached hydrogens (tertiary/aromatic N) is 6. The molecule has 21 nitrogen and oxygen atoms in total. The molecule has 2 aliphatic rings. The van der Waals surface area contributed by atoms with E-state index in [0.29, 0.717) is 28.3 Å². The number of carbonyl (C=O) groups is 3. The molecule has 0 radical (unpaired) electrons. The molecule has 2 saturated heterocycles. The van der Waals surface area contributed by atoms with E-state index in [1.165, 1.54) is 29.5 Å². The number of hydrogen-bond donors (Lipinski definition) is 2. The van der Waals surface area contributed by atoms with Crippen LogP contribution >= 0.6 is 8.25 Å². The van der Waals surface area contributed by atoms with Crippen molar-refractivity contribution in [1.82, 2.24) is 29.1 Å². The normalized spacial score (nSPS) is 18.7. The van der Waals surface area contributed by atoms with E-state index < -0.39 is 80.8 Å². The molecule has 5 heterocycles. The fourth-order valence-corrected chi connectivity index (χ4v) is 10.8. The van der Waals surface area contributed by atoms with Crippen LogP contribution in [0.4, 0.5) is 11.6 Å². The number of anilines is 2. The minimum atomic E-state index is -3.01. The van der Waals surface area contributed by atoms with Crippen LogP contribution < -0.4 is 25.8 Å². The number of imidazole rings is 1. The van der Waals surface area contributed by atoms with Gasteiger partial charge in [-0.1, -0.05) is 109 Å². The molecule has 6 aromatic carbocycles. The highest BCUT2D eigenvalue weighted by Crippen LogP contribution is 2.45. The van der Waals surface area contributed by atoms with Crippen molar-refractivity contribution in [3.05, 3.63) is 239 Å². The number of hydrogen-bond acceptors (Lipinski definition) is 17. The molecule has 83 heavy (non-hydrogen) atoms. The number of rotatable bonds is 21. The van der Waals surface area contributed by atoms with Crippen molar-refractivity contribution in [3.63, 3.8) is 0 Å². The zero-order valence-electron chi connectivity index (χ0n) is 44.7. The maximum atomic E-state index is 14.4. The molecule has 22 heteroatoms. The summed E-state index contributed by atoms with van der Waals surface area (Å²) in [6, 6.07) is 51.7. The average molecular weight is 1140 g/mol. The lowest BCUT2D eigenvalue weighted by Gasteiger charge is -2.37. The maximum Gasteiger partial charge on any atom is 0.697 e. The molecule has 0 bridgehead atoms. The standard InChI is InChI=1S/C61H53N8O13P/c1-75-45-27-23-43(24-28-45)61(42-21-13-6-14-22-42,44-25-29-46(76-2)30-26-44)77-35-49-48(34-53(79-49)69-38-64-54-55(62-37-63-56(54)69)67-58(71)40-17-9-4-10-18-40)82-83(74)78-36-50-47(81-59(72)41-19-11-5-12-20-41)33-52(80-50)68-32-31-51(66-60(68)73)65-57(70)39-15-7-3-8-16-39/h3-32,37-38,47-50,52-53H,33-36H2,1-2H3,(H-,62,63,65,66,67,70,71,73)/p+1/t47-,48-,49+,50+,52+,53+/m0/s1. The van der Waals surface area contributed by atoms with Crippen molar-refractivity contribution in [3.8, 4) is 11.5 Å². The zero-order chi connectivity index (χ0) is 57.3. The molecule has 2 fully saturated rings. The smallest absolute Gasteiger partial charge is 0.497 e. The fourth-order valence-electron chi connectivity index (χ4n) is 10.0. The molecule has 9 aromatic rings. The molecule has 420 valence electrons. The summed E-state index contributed by atoms with van der Waals surface area (Å²) in [7, 11) is 0.174. The summed E-state index contributed by atoms with van der Waals surface area (Å²) in [5, 5.41) is 5.47. The Bertz CT molecular complexity index is 3740. The van der Waals surface area contributed by atoms with Crippen molar-refractivity contribution in [2.45, 2.75) is 55.3 Å². The van der Waals surface area contributed by atoms with Crippen molar-refractivity contribution in [2.24, 2.45) is 0 Å². The monoisotopic (exact) mass is 1140 g/mol. The van der Waals surface area contributed by atoms with Gasteiger partial charge >= 0.3 is 19.9 Å². The zero-order valence-corrected chi connectivity index (χ0v) is 45.6. The van der Waals surface area contributed by atoms with Gasteiger partial charge in [-0.25, -0.2) is 24.5 Å². The third kappa shape index (κ3) is 12.3. The largest absolute Gasteiger partial charge is 0.697 e. The highest BCUT2D eigenvalue weighted by Gasteiger charge is 2.48. The number of aromatic nitrogens is 6. The Balaban J connectivity index is 0.876. The van der Waals surface area contributed by atoms with Crippen LogP contribution in [-0.4, -0.2) is 98.7 Å². The minimum Gasteiger partial charge on any atom is -0.497 e. The molecular formula is C61H54N8O13P+. The Labute approximate surface area is 476 Å². The molecule has 0 spiro atoms. The molecule has 11 rings (SSSR count). The Morgan fingerprint density at radius 3 is 1.73 bits per heavy atom. The van der Waals surface area contributed by atoms with Gasteiger partial charge in [-0.15, -0.1) is 9.05 Å². The van der Waals surface area contributed by atoms with Gasteiger partial charge in [0.1, 0.15) is 72.7 Å². The molecule has 3 aromatic heterocycles. The first-order valence-electron chi connectivity index (χ1n) is 26.4. The lowest BCUT2D eigenvalue weighted by atomic mass is 9.80. The van der Waals surface area contributed by atoms with Crippen LogP contribution in [0.25, 0.3) is 11.2 Å². The number of carbonyl (C=O) groups excluding carboxylic acids is 3. The molecular weight excluding hydrogens is 1080 g/mol. The van der Waals surface area contributed by atoms with E-state index in [1.807, 2.05) is 84.9 Å². The number of nitrogens with one attached hydrogen (secondary N) is 2. The fraction of sp³-hybridized carbons (Fsp3) is 0.213. The SMILES string of the molecule is COc1ccc(C(OC[C@H]2O[C@@H](n3cnc4c(NC(=O)c5ccccc5)ncnc43)C[C@@H]2O[P+](=O)OC[C@H]2O[C@@H](n3ccc(NC(=O)c4ccccc4)nc3=O)C[C@@H]2OC(=O)c2ccccc2)(c2ccccc2)c2ccc(OC)cc2)cc1. The van der Waals surface area contributed by atoms with Gasteiger partial charge in [0, 0.05) is 34.7 Å². The van der Waals surface area contributed by atoms with Crippen LogP contribution in [-0.2, 0) is 38.2 Å². The third-order valence-electron chi connectivity index (χ3n) is 14.2. The van der Waals surface area contributed by atoms with E-state index in [4.69, 9.17) is 37.5 Å². The molecule has 2 amide bonds.